The molecule has 1 atom stereocenters. The van der Waals surface area contributed by atoms with Crippen molar-refractivity contribution in [3.63, 3.8) is 0 Å². The Morgan fingerprint density at radius 2 is 2.04 bits per heavy atom. The smallest absolute Gasteiger partial charge is 0.226 e. The van der Waals surface area contributed by atoms with Crippen molar-refractivity contribution in [1.82, 2.24) is 10.3 Å². The van der Waals surface area contributed by atoms with E-state index in [1.807, 2.05) is 0 Å². The van der Waals surface area contributed by atoms with Gasteiger partial charge >= 0.3 is 0 Å². The molecule has 0 saturated carbocycles. The van der Waals surface area contributed by atoms with E-state index < -0.39 is 6.04 Å². The molecule has 0 bridgehead atoms. The predicted molar refractivity (Wildman–Crippen MR) is 87.3 cm³/mol. The van der Waals surface area contributed by atoms with Crippen molar-refractivity contribution in [3.05, 3.63) is 65.4 Å². The lowest BCUT2D eigenvalue weighted by Gasteiger charge is -2.13. The number of nitrogens with zero attached hydrogens (tertiary/aromatic N) is 1. The number of furan rings is 1. The molecule has 3 aromatic rings. The van der Waals surface area contributed by atoms with Gasteiger partial charge in [-0.3, -0.25) is 4.79 Å². The number of amides is 1. The van der Waals surface area contributed by atoms with Crippen LogP contribution in [0.5, 0.6) is 0 Å². The number of hydrogen-bond donors (Lipinski definition) is 2. The van der Waals surface area contributed by atoms with E-state index in [9.17, 15) is 9.90 Å². The van der Waals surface area contributed by atoms with Gasteiger partial charge in [0, 0.05) is 10.6 Å². The Hall–Kier alpha value is -2.57. The Balaban J connectivity index is 1.64. The summed E-state index contributed by atoms with van der Waals surface area (Å²) in [5, 5.41) is 12.7. The van der Waals surface area contributed by atoms with Gasteiger partial charge in [0.25, 0.3) is 0 Å². The summed E-state index contributed by atoms with van der Waals surface area (Å²) < 4.78 is 10.6. The van der Waals surface area contributed by atoms with Crippen LogP contribution in [0.3, 0.4) is 0 Å². The topological polar surface area (TPSA) is 88.5 Å². The van der Waals surface area contributed by atoms with Crippen LogP contribution in [-0.2, 0) is 11.2 Å². The maximum Gasteiger partial charge on any atom is 0.226 e. The second-order valence-corrected chi connectivity index (χ2v) is 5.58. The van der Waals surface area contributed by atoms with Crippen LogP contribution in [0.2, 0.25) is 5.02 Å². The summed E-state index contributed by atoms with van der Waals surface area (Å²) in [4.78, 5) is 16.4. The molecule has 124 valence electrons. The number of aliphatic hydroxyl groups excluding tert-OH is 1. The molecular weight excluding hydrogens is 332 g/mol. The molecule has 1 unspecified atom stereocenters. The molecular formula is C17H15ClN2O4. The minimum absolute atomic E-state index is 0.0360. The van der Waals surface area contributed by atoms with Crippen molar-refractivity contribution >= 4 is 17.5 Å². The summed E-state index contributed by atoms with van der Waals surface area (Å²) in [6, 6.07) is 9.85. The first-order chi connectivity index (χ1) is 11.7. The monoisotopic (exact) mass is 346 g/mol. The van der Waals surface area contributed by atoms with Gasteiger partial charge in [0.2, 0.25) is 11.8 Å². The SMILES string of the molecule is O=C(Cc1coc(-c2ccc(Cl)cc2)n1)NC(CO)c1ccco1. The Morgan fingerprint density at radius 1 is 1.25 bits per heavy atom. The summed E-state index contributed by atoms with van der Waals surface area (Å²) in [7, 11) is 0. The largest absolute Gasteiger partial charge is 0.467 e. The van der Waals surface area contributed by atoms with E-state index in [1.54, 1.807) is 36.4 Å². The molecule has 1 amide bonds. The first-order valence-corrected chi connectivity index (χ1v) is 7.67. The first kappa shape index (κ1) is 16.3. The molecule has 2 N–H and O–H groups in total. The van der Waals surface area contributed by atoms with Crippen LogP contribution in [0.4, 0.5) is 0 Å². The Bertz CT molecular complexity index is 796. The second-order valence-electron chi connectivity index (χ2n) is 5.15. The van der Waals surface area contributed by atoms with Crippen molar-refractivity contribution in [1.29, 1.82) is 0 Å². The number of benzene rings is 1. The van der Waals surface area contributed by atoms with E-state index in [0.717, 1.165) is 5.56 Å². The zero-order valence-electron chi connectivity index (χ0n) is 12.6. The molecule has 3 rings (SSSR count). The van der Waals surface area contributed by atoms with Gasteiger partial charge < -0.3 is 19.3 Å². The highest BCUT2D eigenvalue weighted by molar-refractivity contribution is 6.30. The highest BCUT2D eigenvalue weighted by Crippen LogP contribution is 2.21. The Labute approximate surface area is 143 Å². The standard InChI is InChI=1S/C17H15ClN2O4/c18-12-5-3-11(4-6-12)17-19-13(10-24-17)8-16(22)20-14(9-21)15-2-1-7-23-15/h1-7,10,14,21H,8-9H2,(H,20,22). The van der Waals surface area contributed by atoms with E-state index in [4.69, 9.17) is 20.4 Å². The van der Waals surface area contributed by atoms with Gasteiger partial charge in [-0.2, -0.15) is 0 Å². The molecule has 0 fully saturated rings. The molecule has 0 aliphatic rings. The number of aliphatic hydroxyl groups is 1. The highest BCUT2D eigenvalue weighted by atomic mass is 35.5. The van der Waals surface area contributed by atoms with Crippen molar-refractivity contribution in [2.75, 3.05) is 6.61 Å². The predicted octanol–water partition coefficient (Wildman–Crippen LogP) is 2.98. The zero-order valence-corrected chi connectivity index (χ0v) is 13.4. The van der Waals surface area contributed by atoms with E-state index >= 15 is 0 Å². The quantitative estimate of drug-likeness (QED) is 0.716. The number of carbonyl (C=O) groups excluding carboxylic acids is 1. The van der Waals surface area contributed by atoms with Crippen LogP contribution in [0.25, 0.3) is 11.5 Å². The molecule has 2 aromatic heterocycles. The number of nitrogens with one attached hydrogen (secondary N) is 1. The Kier molecular flexibility index (Phi) is 4.98. The molecule has 0 saturated heterocycles. The third-order valence-corrected chi connectivity index (χ3v) is 3.64. The van der Waals surface area contributed by atoms with Crippen LogP contribution in [-0.4, -0.2) is 22.6 Å². The van der Waals surface area contributed by atoms with Crippen LogP contribution in [0, 0.1) is 0 Å². The van der Waals surface area contributed by atoms with Crippen LogP contribution >= 0.6 is 11.6 Å². The van der Waals surface area contributed by atoms with Gasteiger partial charge in [-0.05, 0) is 36.4 Å². The van der Waals surface area contributed by atoms with Gasteiger partial charge in [-0.1, -0.05) is 11.6 Å². The molecule has 6 nitrogen and oxygen atoms in total. The van der Waals surface area contributed by atoms with Crippen molar-refractivity contribution < 1.29 is 18.7 Å². The zero-order chi connectivity index (χ0) is 16.9. The molecule has 0 radical (unpaired) electrons. The number of rotatable bonds is 6. The molecule has 7 heteroatoms. The van der Waals surface area contributed by atoms with Gasteiger partial charge in [0.05, 0.1) is 25.0 Å². The summed E-state index contributed by atoms with van der Waals surface area (Å²) in [6.07, 6.45) is 2.96. The maximum atomic E-state index is 12.1. The van der Waals surface area contributed by atoms with Gasteiger partial charge in [-0.25, -0.2) is 4.98 Å². The number of halogens is 1. The lowest BCUT2D eigenvalue weighted by atomic mass is 10.2. The van der Waals surface area contributed by atoms with Gasteiger partial charge in [-0.15, -0.1) is 0 Å². The number of carbonyl (C=O) groups is 1. The normalized spacial score (nSPS) is 12.1. The maximum absolute atomic E-state index is 12.1. The molecule has 2 heterocycles. The third kappa shape index (κ3) is 3.84. The van der Waals surface area contributed by atoms with Gasteiger partial charge in [0.15, 0.2) is 0 Å². The summed E-state index contributed by atoms with van der Waals surface area (Å²) in [5.74, 6) is 0.619. The average molecular weight is 347 g/mol. The first-order valence-electron chi connectivity index (χ1n) is 7.29. The molecule has 1 aromatic carbocycles. The van der Waals surface area contributed by atoms with E-state index in [2.05, 4.69) is 10.3 Å². The summed E-state index contributed by atoms with van der Waals surface area (Å²) >= 11 is 5.85. The van der Waals surface area contributed by atoms with Crippen LogP contribution in [0.15, 0.2) is 57.8 Å². The summed E-state index contributed by atoms with van der Waals surface area (Å²) in [6.45, 7) is -0.256. The number of aromatic nitrogens is 1. The molecule has 0 aliphatic heterocycles. The molecule has 24 heavy (non-hydrogen) atoms. The van der Waals surface area contributed by atoms with Crippen molar-refractivity contribution in [2.24, 2.45) is 0 Å². The fraction of sp³-hybridized carbons (Fsp3) is 0.176. The number of hydrogen-bond acceptors (Lipinski definition) is 5. The molecule has 0 spiro atoms. The van der Waals surface area contributed by atoms with Crippen molar-refractivity contribution in [3.8, 4) is 11.5 Å². The highest BCUT2D eigenvalue weighted by Gasteiger charge is 2.17. The van der Waals surface area contributed by atoms with Crippen molar-refractivity contribution in [2.45, 2.75) is 12.5 Å². The minimum atomic E-state index is -0.588. The average Bonchev–Trinajstić information content (AvgIpc) is 3.25. The minimum Gasteiger partial charge on any atom is -0.467 e. The third-order valence-electron chi connectivity index (χ3n) is 3.39. The second kappa shape index (κ2) is 7.33. The fourth-order valence-electron chi connectivity index (χ4n) is 2.22. The lowest BCUT2D eigenvalue weighted by Crippen LogP contribution is -2.31. The van der Waals surface area contributed by atoms with E-state index in [-0.39, 0.29) is 18.9 Å². The van der Waals surface area contributed by atoms with E-state index in [0.29, 0.717) is 22.4 Å². The Morgan fingerprint density at radius 3 is 2.71 bits per heavy atom. The van der Waals surface area contributed by atoms with E-state index in [1.165, 1.54) is 12.5 Å². The lowest BCUT2D eigenvalue weighted by molar-refractivity contribution is -0.121. The van der Waals surface area contributed by atoms with Gasteiger partial charge in [0.1, 0.15) is 18.1 Å². The fourth-order valence-corrected chi connectivity index (χ4v) is 2.35. The van der Waals surface area contributed by atoms with Crippen LogP contribution < -0.4 is 5.32 Å². The molecule has 0 aliphatic carbocycles. The number of oxazole rings is 1. The summed E-state index contributed by atoms with van der Waals surface area (Å²) in [5.41, 5.74) is 1.27. The van der Waals surface area contributed by atoms with Crippen LogP contribution in [0.1, 0.15) is 17.5 Å².